The number of nitrogens with zero attached hydrogens (tertiary/aromatic N) is 1. The minimum atomic E-state index is -1.02. The number of rotatable bonds is 4. The van der Waals surface area contributed by atoms with Crippen molar-refractivity contribution in [3.8, 4) is 5.75 Å². The van der Waals surface area contributed by atoms with Crippen LogP contribution in [0.4, 0.5) is 4.79 Å². The van der Waals surface area contributed by atoms with E-state index in [1.54, 1.807) is 32.3 Å². The monoisotopic (exact) mass is 325 g/mol. The van der Waals surface area contributed by atoms with Gasteiger partial charge in [-0.15, -0.1) is 0 Å². The number of aryl methyl sites for hydroxylation is 1. The average molecular weight is 325 g/mol. The highest BCUT2D eigenvalue weighted by Crippen LogP contribution is 2.28. The van der Waals surface area contributed by atoms with E-state index in [4.69, 9.17) is 9.84 Å². The molecule has 0 saturated heterocycles. The van der Waals surface area contributed by atoms with Gasteiger partial charge in [0.1, 0.15) is 5.75 Å². The van der Waals surface area contributed by atoms with Gasteiger partial charge in [0.25, 0.3) is 0 Å². The first-order valence-corrected chi connectivity index (χ1v) is 7.38. The van der Waals surface area contributed by atoms with E-state index in [-0.39, 0.29) is 0 Å². The van der Waals surface area contributed by atoms with Crippen LogP contribution in [0.1, 0.15) is 16.7 Å². The van der Waals surface area contributed by atoms with E-state index in [9.17, 15) is 9.59 Å². The fourth-order valence-electron chi connectivity index (χ4n) is 2.19. The summed E-state index contributed by atoms with van der Waals surface area (Å²) in [5, 5.41) is 9.16. The van der Waals surface area contributed by atoms with Crippen LogP contribution in [0.3, 0.4) is 0 Å². The zero-order valence-corrected chi connectivity index (χ0v) is 13.8. The van der Waals surface area contributed by atoms with Crippen molar-refractivity contribution in [3.63, 3.8) is 0 Å². The number of carboxylic acid groups (broad SMARTS) is 1. The lowest BCUT2D eigenvalue weighted by Gasteiger charge is -2.14. The summed E-state index contributed by atoms with van der Waals surface area (Å²) in [7, 11) is 3.21. The Balaban J connectivity index is 2.41. The second-order valence-electron chi connectivity index (χ2n) is 5.50. The first-order valence-electron chi connectivity index (χ1n) is 7.38. The van der Waals surface area contributed by atoms with Crippen molar-refractivity contribution in [2.24, 2.45) is 0 Å². The van der Waals surface area contributed by atoms with Crippen LogP contribution >= 0.6 is 0 Å². The van der Waals surface area contributed by atoms with Crippen molar-refractivity contribution in [2.45, 2.75) is 6.92 Å². The molecule has 2 aromatic rings. The standard InChI is InChI=1S/C19H19NO4/c1-13-11-15(9-10-17(13)24-19(23)20(2)3)16(12-18(21)22)14-7-5-4-6-8-14/h4-12H,1-3H3,(H,21,22)/b16-12+. The van der Waals surface area contributed by atoms with Crippen molar-refractivity contribution in [3.05, 3.63) is 71.3 Å². The molecule has 24 heavy (non-hydrogen) atoms. The van der Waals surface area contributed by atoms with Crippen LogP contribution in [0, 0.1) is 6.92 Å². The highest BCUT2D eigenvalue weighted by atomic mass is 16.6. The fourth-order valence-corrected chi connectivity index (χ4v) is 2.19. The summed E-state index contributed by atoms with van der Waals surface area (Å²) in [6.45, 7) is 1.81. The third kappa shape index (κ3) is 4.23. The Labute approximate surface area is 140 Å². The Morgan fingerprint density at radius 2 is 1.71 bits per heavy atom. The number of carboxylic acids is 1. The first-order chi connectivity index (χ1) is 11.4. The van der Waals surface area contributed by atoms with Crippen LogP contribution in [0.25, 0.3) is 5.57 Å². The molecule has 0 aromatic heterocycles. The molecule has 0 aliphatic heterocycles. The van der Waals surface area contributed by atoms with Gasteiger partial charge in [0.15, 0.2) is 0 Å². The zero-order valence-electron chi connectivity index (χ0n) is 13.8. The van der Waals surface area contributed by atoms with Gasteiger partial charge in [-0.05, 0) is 41.3 Å². The smallest absolute Gasteiger partial charge is 0.414 e. The van der Waals surface area contributed by atoms with Crippen LogP contribution in [-0.2, 0) is 4.79 Å². The van der Waals surface area contributed by atoms with E-state index < -0.39 is 12.1 Å². The average Bonchev–Trinajstić information content (AvgIpc) is 2.55. The van der Waals surface area contributed by atoms with Crippen LogP contribution < -0.4 is 4.74 Å². The third-order valence-corrected chi connectivity index (χ3v) is 3.40. The Morgan fingerprint density at radius 3 is 2.25 bits per heavy atom. The molecule has 0 radical (unpaired) electrons. The topological polar surface area (TPSA) is 66.8 Å². The van der Waals surface area contributed by atoms with Gasteiger partial charge in [0, 0.05) is 20.2 Å². The molecule has 0 spiro atoms. The maximum atomic E-state index is 11.7. The molecule has 5 heteroatoms. The summed E-state index contributed by atoms with van der Waals surface area (Å²) < 4.78 is 5.28. The molecule has 0 atom stereocenters. The lowest BCUT2D eigenvalue weighted by molar-refractivity contribution is -0.131. The predicted octanol–water partition coefficient (Wildman–Crippen LogP) is 3.57. The van der Waals surface area contributed by atoms with Crippen LogP contribution in [-0.4, -0.2) is 36.2 Å². The Kier molecular flexibility index (Phi) is 5.37. The SMILES string of the molecule is Cc1cc(/C(=C/C(=O)O)c2ccccc2)ccc1OC(=O)N(C)C. The summed E-state index contributed by atoms with van der Waals surface area (Å²) in [6, 6.07) is 14.5. The maximum absolute atomic E-state index is 11.7. The molecule has 0 bridgehead atoms. The van der Waals surface area contributed by atoms with Crippen LogP contribution in [0.15, 0.2) is 54.6 Å². The van der Waals surface area contributed by atoms with Crippen molar-refractivity contribution in [1.29, 1.82) is 0 Å². The molecule has 0 aliphatic rings. The second kappa shape index (κ2) is 7.46. The molecule has 1 N–H and O–H groups in total. The number of benzene rings is 2. The van der Waals surface area contributed by atoms with Crippen molar-refractivity contribution >= 4 is 17.6 Å². The van der Waals surface area contributed by atoms with E-state index in [0.717, 1.165) is 16.7 Å². The van der Waals surface area contributed by atoms with Gasteiger partial charge >= 0.3 is 12.1 Å². The quantitative estimate of drug-likeness (QED) is 0.873. The summed E-state index contributed by atoms with van der Waals surface area (Å²) in [4.78, 5) is 24.2. The summed E-state index contributed by atoms with van der Waals surface area (Å²) >= 11 is 0. The normalized spacial score (nSPS) is 11.0. The maximum Gasteiger partial charge on any atom is 0.414 e. The molecule has 2 aromatic carbocycles. The number of aliphatic carboxylic acids is 1. The number of hydrogen-bond donors (Lipinski definition) is 1. The molecule has 2 rings (SSSR count). The van der Waals surface area contributed by atoms with Crippen molar-refractivity contribution in [1.82, 2.24) is 4.90 Å². The van der Waals surface area contributed by atoms with E-state index >= 15 is 0 Å². The zero-order chi connectivity index (χ0) is 17.7. The van der Waals surface area contributed by atoms with Gasteiger partial charge in [0.05, 0.1) is 0 Å². The van der Waals surface area contributed by atoms with Crippen molar-refractivity contribution < 1.29 is 19.4 Å². The minimum Gasteiger partial charge on any atom is -0.478 e. The Hall–Kier alpha value is -3.08. The number of hydrogen-bond acceptors (Lipinski definition) is 3. The third-order valence-electron chi connectivity index (χ3n) is 3.40. The van der Waals surface area contributed by atoms with Gasteiger partial charge in [0.2, 0.25) is 0 Å². The summed E-state index contributed by atoms with van der Waals surface area (Å²) in [5.41, 5.74) is 2.88. The largest absolute Gasteiger partial charge is 0.478 e. The number of amides is 1. The van der Waals surface area contributed by atoms with Gasteiger partial charge in [-0.25, -0.2) is 9.59 Å². The van der Waals surface area contributed by atoms with E-state index in [1.807, 2.05) is 37.3 Å². The molecule has 0 saturated carbocycles. The van der Waals surface area contributed by atoms with Gasteiger partial charge < -0.3 is 14.7 Å². The predicted molar refractivity (Wildman–Crippen MR) is 92.0 cm³/mol. The van der Waals surface area contributed by atoms with Crippen LogP contribution in [0.2, 0.25) is 0 Å². The molecular weight excluding hydrogens is 306 g/mol. The second-order valence-corrected chi connectivity index (χ2v) is 5.50. The Bertz CT molecular complexity index is 779. The molecule has 5 nitrogen and oxygen atoms in total. The fraction of sp³-hybridized carbons (Fsp3) is 0.158. The molecule has 124 valence electrons. The lowest BCUT2D eigenvalue weighted by Crippen LogP contribution is -2.25. The van der Waals surface area contributed by atoms with Gasteiger partial charge in [-0.3, -0.25) is 0 Å². The molecular formula is C19H19NO4. The van der Waals surface area contributed by atoms with Crippen LogP contribution in [0.5, 0.6) is 5.75 Å². The van der Waals surface area contributed by atoms with E-state index in [0.29, 0.717) is 11.3 Å². The molecule has 0 heterocycles. The molecule has 0 fully saturated rings. The van der Waals surface area contributed by atoms with Gasteiger partial charge in [-0.1, -0.05) is 36.4 Å². The number of carbonyl (C=O) groups excluding carboxylic acids is 1. The summed E-state index contributed by atoms with van der Waals surface area (Å²) in [6.07, 6.45) is 0.713. The highest BCUT2D eigenvalue weighted by Gasteiger charge is 2.12. The molecule has 0 aliphatic carbocycles. The van der Waals surface area contributed by atoms with Crippen molar-refractivity contribution in [2.75, 3.05) is 14.1 Å². The first kappa shape index (κ1) is 17.3. The van der Waals surface area contributed by atoms with E-state index in [1.165, 1.54) is 11.0 Å². The van der Waals surface area contributed by atoms with E-state index in [2.05, 4.69) is 0 Å². The lowest BCUT2D eigenvalue weighted by atomic mass is 9.96. The highest BCUT2D eigenvalue weighted by molar-refractivity contribution is 5.95. The molecule has 1 amide bonds. The van der Waals surface area contributed by atoms with Gasteiger partial charge in [-0.2, -0.15) is 0 Å². The minimum absolute atomic E-state index is 0.445. The Morgan fingerprint density at radius 1 is 1.04 bits per heavy atom. The molecule has 0 unspecified atom stereocenters. The number of ether oxygens (including phenoxy) is 1. The number of carbonyl (C=O) groups is 2. The summed E-state index contributed by atoms with van der Waals surface area (Å²) in [5.74, 6) is -0.574.